The maximum absolute atomic E-state index is 12.4. The molecule has 0 spiro atoms. The topological polar surface area (TPSA) is 29.9 Å². The SMILES string of the molecule is CCc1nn(C)cc1CNCc1ccc(C(F)F)cc1. The number of aryl methyl sites for hydroxylation is 2. The lowest BCUT2D eigenvalue weighted by Gasteiger charge is -2.06. The molecule has 0 aliphatic carbocycles. The van der Waals surface area contributed by atoms with E-state index in [0.29, 0.717) is 6.54 Å². The summed E-state index contributed by atoms with van der Waals surface area (Å²) in [7, 11) is 1.91. The highest BCUT2D eigenvalue weighted by Crippen LogP contribution is 2.18. The number of hydrogen-bond acceptors (Lipinski definition) is 2. The third-order valence-corrected chi connectivity index (χ3v) is 3.20. The van der Waals surface area contributed by atoms with Crippen molar-refractivity contribution in [3.8, 4) is 0 Å². The highest BCUT2D eigenvalue weighted by Gasteiger charge is 2.07. The number of benzene rings is 1. The molecule has 0 saturated carbocycles. The molecule has 0 fully saturated rings. The molecule has 0 atom stereocenters. The number of rotatable bonds is 6. The Bertz CT molecular complexity index is 547. The van der Waals surface area contributed by atoms with E-state index in [9.17, 15) is 8.78 Å². The van der Waals surface area contributed by atoms with Gasteiger partial charge >= 0.3 is 0 Å². The first-order chi connectivity index (χ1) is 9.60. The Hall–Kier alpha value is -1.75. The molecular formula is C15H19F2N3. The van der Waals surface area contributed by atoms with E-state index in [0.717, 1.165) is 24.2 Å². The largest absolute Gasteiger partial charge is 0.308 e. The van der Waals surface area contributed by atoms with Gasteiger partial charge in [0.15, 0.2) is 0 Å². The van der Waals surface area contributed by atoms with Crippen molar-refractivity contribution in [1.82, 2.24) is 15.1 Å². The van der Waals surface area contributed by atoms with Gasteiger partial charge in [0.2, 0.25) is 0 Å². The molecule has 1 aromatic carbocycles. The van der Waals surface area contributed by atoms with Crippen molar-refractivity contribution in [3.05, 3.63) is 52.8 Å². The van der Waals surface area contributed by atoms with Gasteiger partial charge in [0.1, 0.15) is 0 Å². The van der Waals surface area contributed by atoms with E-state index in [2.05, 4.69) is 17.3 Å². The summed E-state index contributed by atoms with van der Waals surface area (Å²) in [5.41, 5.74) is 3.33. The number of halogens is 2. The Morgan fingerprint density at radius 2 is 1.90 bits per heavy atom. The van der Waals surface area contributed by atoms with Crippen LogP contribution in [0.3, 0.4) is 0 Å². The van der Waals surface area contributed by atoms with Gasteiger partial charge in [-0.3, -0.25) is 4.68 Å². The molecule has 0 radical (unpaired) electrons. The Morgan fingerprint density at radius 3 is 2.50 bits per heavy atom. The van der Waals surface area contributed by atoms with Gasteiger partial charge in [0.05, 0.1) is 5.69 Å². The smallest absolute Gasteiger partial charge is 0.263 e. The highest BCUT2D eigenvalue weighted by molar-refractivity contribution is 5.23. The van der Waals surface area contributed by atoms with Gasteiger partial charge in [-0.1, -0.05) is 31.2 Å². The summed E-state index contributed by atoms with van der Waals surface area (Å²) in [6, 6.07) is 6.42. The van der Waals surface area contributed by atoms with E-state index in [1.165, 1.54) is 17.7 Å². The van der Waals surface area contributed by atoms with E-state index in [-0.39, 0.29) is 5.56 Å². The summed E-state index contributed by atoms with van der Waals surface area (Å²) in [4.78, 5) is 0. The van der Waals surface area contributed by atoms with E-state index in [1.807, 2.05) is 17.9 Å². The molecule has 2 aromatic rings. The Labute approximate surface area is 117 Å². The Kier molecular flexibility index (Phi) is 4.84. The molecule has 108 valence electrons. The molecule has 2 rings (SSSR count). The molecule has 20 heavy (non-hydrogen) atoms. The first-order valence-corrected chi connectivity index (χ1v) is 6.69. The average Bonchev–Trinajstić information content (AvgIpc) is 2.79. The zero-order valence-corrected chi connectivity index (χ0v) is 11.7. The van der Waals surface area contributed by atoms with Gasteiger partial charge in [-0.15, -0.1) is 0 Å². The first kappa shape index (κ1) is 14.7. The lowest BCUT2D eigenvalue weighted by molar-refractivity contribution is 0.151. The van der Waals surface area contributed by atoms with E-state index < -0.39 is 6.43 Å². The second-order valence-corrected chi connectivity index (χ2v) is 4.77. The fourth-order valence-corrected chi connectivity index (χ4v) is 2.15. The van der Waals surface area contributed by atoms with Crippen LogP contribution < -0.4 is 5.32 Å². The zero-order valence-electron chi connectivity index (χ0n) is 11.7. The second kappa shape index (κ2) is 6.61. The molecule has 0 bridgehead atoms. The minimum Gasteiger partial charge on any atom is -0.308 e. The van der Waals surface area contributed by atoms with Crippen LogP contribution in [0.1, 0.15) is 35.7 Å². The van der Waals surface area contributed by atoms with Gasteiger partial charge in [0.25, 0.3) is 6.43 Å². The molecule has 0 aliphatic rings. The van der Waals surface area contributed by atoms with Crippen LogP contribution in [0.4, 0.5) is 8.78 Å². The monoisotopic (exact) mass is 279 g/mol. The molecule has 3 nitrogen and oxygen atoms in total. The lowest BCUT2D eigenvalue weighted by atomic mass is 10.1. The number of aromatic nitrogens is 2. The van der Waals surface area contributed by atoms with E-state index in [1.54, 1.807) is 12.1 Å². The summed E-state index contributed by atoms with van der Waals surface area (Å²) < 4.78 is 26.7. The van der Waals surface area contributed by atoms with Gasteiger partial charge in [-0.05, 0) is 12.0 Å². The standard InChI is InChI=1S/C15H19F2N3/c1-3-14-13(10-20(2)19-14)9-18-8-11-4-6-12(7-5-11)15(16)17/h4-7,10,15,18H,3,8-9H2,1-2H3. The third kappa shape index (κ3) is 3.63. The molecule has 0 saturated heterocycles. The molecular weight excluding hydrogens is 260 g/mol. The summed E-state index contributed by atoms with van der Waals surface area (Å²) in [5, 5.41) is 7.69. The predicted molar refractivity (Wildman–Crippen MR) is 74.5 cm³/mol. The normalized spacial score (nSPS) is 11.2. The summed E-state index contributed by atoms with van der Waals surface area (Å²) in [6.07, 6.45) is 0.506. The van der Waals surface area contributed by atoms with Crippen LogP contribution >= 0.6 is 0 Å². The predicted octanol–water partition coefficient (Wildman–Crippen LogP) is 3.21. The molecule has 1 aromatic heterocycles. The van der Waals surface area contributed by atoms with Crippen LogP contribution in [0, 0.1) is 0 Å². The molecule has 0 amide bonds. The number of nitrogens with one attached hydrogen (secondary N) is 1. The Balaban J connectivity index is 1.89. The summed E-state index contributed by atoms with van der Waals surface area (Å²) >= 11 is 0. The zero-order chi connectivity index (χ0) is 14.5. The van der Waals surface area contributed by atoms with Gasteiger partial charge < -0.3 is 5.32 Å². The quantitative estimate of drug-likeness (QED) is 0.880. The maximum Gasteiger partial charge on any atom is 0.263 e. The molecule has 1 heterocycles. The van der Waals surface area contributed by atoms with Crippen LogP contribution in [0.5, 0.6) is 0 Å². The number of nitrogens with zero attached hydrogens (tertiary/aromatic N) is 2. The molecule has 5 heteroatoms. The molecule has 0 aliphatic heterocycles. The third-order valence-electron chi connectivity index (χ3n) is 3.20. The summed E-state index contributed by atoms with van der Waals surface area (Å²) in [5.74, 6) is 0. The van der Waals surface area contributed by atoms with Crippen LogP contribution in [0.25, 0.3) is 0 Å². The van der Waals surface area contributed by atoms with Crippen LogP contribution in [0.2, 0.25) is 0 Å². The number of alkyl halides is 2. The van der Waals surface area contributed by atoms with Crippen molar-refractivity contribution in [1.29, 1.82) is 0 Å². The van der Waals surface area contributed by atoms with Gasteiger partial charge in [0, 0.05) is 37.5 Å². The second-order valence-electron chi connectivity index (χ2n) is 4.77. The average molecular weight is 279 g/mol. The lowest BCUT2D eigenvalue weighted by Crippen LogP contribution is -2.13. The number of hydrogen-bond donors (Lipinski definition) is 1. The van der Waals surface area contributed by atoms with Crippen LogP contribution in [0.15, 0.2) is 30.5 Å². The maximum atomic E-state index is 12.4. The molecule has 0 unspecified atom stereocenters. The Morgan fingerprint density at radius 1 is 1.20 bits per heavy atom. The fraction of sp³-hybridized carbons (Fsp3) is 0.400. The fourth-order valence-electron chi connectivity index (χ4n) is 2.15. The van der Waals surface area contributed by atoms with Crippen molar-refractivity contribution in [2.75, 3.05) is 0 Å². The minimum atomic E-state index is -2.40. The minimum absolute atomic E-state index is 0.0641. The van der Waals surface area contributed by atoms with Crippen molar-refractivity contribution >= 4 is 0 Å². The van der Waals surface area contributed by atoms with Crippen molar-refractivity contribution in [2.45, 2.75) is 32.9 Å². The van der Waals surface area contributed by atoms with Gasteiger partial charge in [-0.2, -0.15) is 5.10 Å². The highest BCUT2D eigenvalue weighted by atomic mass is 19.3. The van der Waals surface area contributed by atoms with Crippen LogP contribution in [-0.4, -0.2) is 9.78 Å². The van der Waals surface area contributed by atoms with Crippen LogP contribution in [-0.2, 0) is 26.6 Å². The molecule has 1 N–H and O–H groups in total. The van der Waals surface area contributed by atoms with E-state index >= 15 is 0 Å². The van der Waals surface area contributed by atoms with Crippen molar-refractivity contribution in [3.63, 3.8) is 0 Å². The summed E-state index contributed by atoms with van der Waals surface area (Å²) in [6.45, 7) is 3.46. The van der Waals surface area contributed by atoms with E-state index in [4.69, 9.17) is 0 Å². The van der Waals surface area contributed by atoms with Crippen molar-refractivity contribution < 1.29 is 8.78 Å². The van der Waals surface area contributed by atoms with Gasteiger partial charge in [-0.25, -0.2) is 8.78 Å². The van der Waals surface area contributed by atoms with Crippen molar-refractivity contribution in [2.24, 2.45) is 7.05 Å². The first-order valence-electron chi connectivity index (χ1n) is 6.69.